The van der Waals surface area contributed by atoms with Crippen LogP contribution in [0.5, 0.6) is 0 Å². The van der Waals surface area contributed by atoms with E-state index in [-0.39, 0.29) is 17.4 Å². The summed E-state index contributed by atoms with van der Waals surface area (Å²) in [4.78, 5) is 9.82. The second-order valence-corrected chi connectivity index (χ2v) is 8.49. The molecule has 0 aliphatic rings. The molecule has 0 aliphatic heterocycles. The summed E-state index contributed by atoms with van der Waals surface area (Å²) in [7, 11) is -4.28. The number of hydrogen-bond donors (Lipinski definition) is 1. The fourth-order valence-corrected chi connectivity index (χ4v) is 4.30. The Morgan fingerprint density at radius 2 is 1.82 bits per heavy atom. The summed E-state index contributed by atoms with van der Waals surface area (Å²) in [6, 6.07) is 9.90. The van der Waals surface area contributed by atoms with Crippen LogP contribution in [-0.2, 0) is 16.6 Å². The van der Waals surface area contributed by atoms with Crippen molar-refractivity contribution in [3.63, 3.8) is 0 Å². The highest BCUT2D eigenvalue weighted by Crippen LogP contribution is 2.28. The van der Waals surface area contributed by atoms with Gasteiger partial charge in [-0.15, -0.1) is 0 Å². The van der Waals surface area contributed by atoms with E-state index in [1.807, 2.05) is 0 Å². The number of halogens is 3. The summed E-state index contributed by atoms with van der Waals surface area (Å²) in [5.74, 6) is -0.162. The van der Waals surface area contributed by atoms with Crippen LogP contribution in [0.1, 0.15) is 5.56 Å². The molecule has 28 heavy (non-hydrogen) atoms. The van der Waals surface area contributed by atoms with E-state index in [9.17, 15) is 18.5 Å². The Kier molecular flexibility index (Phi) is 5.80. The highest BCUT2D eigenvalue weighted by Gasteiger charge is 2.26. The largest absolute Gasteiger partial charge is 0.289 e. The molecule has 3 rings (SSSR count). The molecule has 0 bridgehead atoms. The lowest BCUT2D eigenvalue weighted by Crippen LogP contribution is -2.15. The number of nitro benzene ring substituents is 1. The van der Waals surface area contributed by atoms with Gasteiger partial charge in [-0.25, -0.2) is 8.42 Å². The second kappa shape index (κ2) is 7.96. The van der Waals surface area contributed by atoms with E-state index in [1.165, 1.54) is 23.0 Å². The SMILES string of the molecule is O=[N+]([O-])c1ccccc1S(=O)(=O)Nc1nn(Cc2ccc(Cl)cc2Cl)cc1Cl. The molecule has 1 heterocycles. The van der Waals surface area contributed by atoms with Gasteiger partial charge in [0.05, 0.1) is 11.5 Å². The summed E-state index contributed by atoms with van der Waals surface area (Å²) in [6.45, 7) is 0.211. The van der Waals surface area contributed by atoms with Crippen LogP contribution in [-0.4, -0.2) is 23.1 Å². The molecule has 12 heteroatoms. The Labute approximate surface area is 174 Å². The van der Waals surface area contributed by atoms with Crippen LogP contribution in [0.2, 0.25) is 15.1 Å². The van der Waals surface area contributed by atoms with E-state index in [4.69, 9.17) is 34.8 Å². The van der Waals surface area contributed by atoms with Gasteiger partial charge < -0.3 is 0 Å². The van der Waals surface area contributed by atoms with Crippen LogP contribution >= 0.6 is 34.8 Å². The maximum Gasteiger partial charge on any atom is 0.289 e. The molecule has 0 saturated heterocycles. The van der Waals surface area contributed by atoms with Crippen LogP contribution in [0.15, 0.2) is 53.6 Å². The molecule has 8 nitrogen and oxygen atoms in total. The zero-order valence-electron chi connectivity index (χ0n) is 13.8. The topological polar surface area (TPSA) is 107 Å². The van der Waals surface area contributed by atoms with Gasteiger partial charge in [0.1, 0.15) is 5.02 Å². The lowest BCUT2D eigenvalue weighted by atomic mass is 10.2. The summed E-state index contributed by atoms with van der Waals surface area (Å²) < 4.78 is 28.7. The van der Waals surface area contributed by atoms with Crippen molar-refractivity contribution < 1.29 is 13.3 Å². The molecule has 0 unspecified atom stereocenters. The molecule has 0 atom stereocenters. The van der Waals surface area contributed by atoms with E-state index in [0.29, 0.717) is 15.6 Å². The molecule has 0 radical (unpaired) electrons. The maximum absolute atomic E-state index is 12.6. The average molecular weight is 462 g/mol. The number of nitro groups is 1. The van der Waals surface area contributed by atoms with Crippen LogP contribution in [0, 0.1) is 10.1 Å². The molecular weight excluding hydrogens is 451 g/mol. The molecule has 0 saturated carbocycles. The van der Waals surface area contributed by atoms with Gasteiger partial charge in [-0.05, 0) is 23.8 Å². The molecule has 146 valence electrons. The van der Waals surface area contributed by atoms with Gasteiger partial charge >= 0.3 is 0 Å². The monoisotopic (exact) mass is 460 g/mol. The molecule has 2 aromatic carbocycles. The molecule has 0 amide bonds. The van der Waals surface area contributed by atoms with Crippen molar-refractivity contribution in [2.75, 3.05) is 4.72 Å². The summed E-state index contributed by atoms with van der Waals surface area (Å²) in [6.07, 6.45) is 1.41. The molecule has 1 aromatic heterocycles. The Hall–Kier alpha value is -2.33. The lowest BCUT2D eigenvalue weighted by molar-refractivity contribution is -0.387. The third-order valence-electron chi connectivity index (χ3n) is 3.65. The first-order chi connectivity index (χ1) is 13.2. The summed E-state index contributed by atoms with van der Waals surface area (Å²) in [5.41, 5.74) is 0.136. The van der Waals surface area contributed by atoms with Gasteiger partial charge in [0, 0.05) is 22.3 Å². The van der Waals surface area contributed by atoms with Crippen molar-refractivity contribution in [1.29, 1.82) is 0 Å². The number of nitrogens with one attached hydrogen (secondary N) is 1. The van der Waals surface area contributed by atoms with Crippen LogP contribution in [0.4, 0.5) is 11.5 Å². The molecular formula is C16H11Cl3N4O4S. The minimum atomic E-state index is -4.28. The van der Waals surface area contributed by atoms with Crippen molar-refractivity contribution in [2.24, 2.45) is 0 Å². The average Bonchev–Trinajstić information content (AvgIpc) is 2.96. The predicted octanol–water partition coefficient (Wildman–Crippen LogP) is 4.60. The Morgan fingerprint density at radius 1 is 1.11 bits per heavy atom. The fraction of sp³-hybridized carbons (Fsp3) is 0.0625. The molecule has 1 N–H and O–H groups in total. The van der Waals surface area contributed by atoms with Crippen molar-refractivity contribution in [2.45, 2.75) is 11.4 Å². The first-order valence-electron chi connectivity index (χ1n) is 7.60. The van der Waals surface area contributed by atoms with E-state index in [1.54, 1.807) is 18.2 Å². The normalized spacial score (nSPS) is 11.4. The quantitative estimate of drug-likeness (QED) is 0.426. The molecule has 0 spiro atoms. The molecule has 0 fully saturated rings. The van der Waals surface area contributed by atoms with Gasteiger partial charge in [0.25, 0.3) is 15.7 Å². The van der Waals surface area contributed by atoms with Gasteiger partial charge in [-0.2, -0.15) is 5.10 Å². The Balaban J connectivity index is 1.89. The van der Waals surface area contributed by atoms with E-state index >= 15 is 0 Å². The van der Waals surface area contributed by atoms with Gasteiger partial charge in [-0.1, -0.05) is 53.0 Å². The first-order valence-corrected chi connectivity index (χ1v) is 10.2. The van der Waals surface area contributed by atoms with E-state index in [2.05, 4.69) is 9.82 Å². The van der Waals surface area contributed by atoms with Crippen molar-refractivity contribution in [3.05, 3.63) is 79.4 Å². The fourth-order valence-electron chi connectivity index (χ4n) is 2.39. The number of para-hydroxylation sites is 1. The third kappa shape index (κ3) is 4.39. The minimum absolute atomic E-state index is 0.0206. The number of nitrogens with zero attached hydrogens (tertiary/aromatic N) is 3. The van der Waals surface area contributed by atoms with Crippen molar-refractivity contribution in [1.82, 2.24) is 9.78 Å². The van der Waals surface area contributed by atoms with Crippen LogP contribution in [0.3, 0.4) is 0 Å². The van der Waals surface area contributed by atoms with Crippen LogP contribution < -0.4 is 4.72 Å². The van der Waals surface area contributed by atoms with Crippen molar-refractivity contribution >= 4 is 56.3 Å². The van der Waals surface area contributed by atoms with Crippen LogP contribution in [0.25, 0.3) is 0 Å². The van der Waals surface area contributed by atoms with E-state index in [0.717, 1.165) is 12.1 Å². The second-order valence-electron chi connectivity index (χ2n) is 5.59. The summed E-state index contributed by atoms with van der Waals surface area (Å²) >= 11 is 18.1. The lowest BCUT2D eigenvalue weighted by Gasteiger charge is -2.07. The van der Waals surface area contributed by atoms with E-state index < -0.39 is 25.5 Å². The number of benzene rings is 2. The number of aromatic nitrogens is 2. The molecule has 3 aromatic rings. The maximum atomic E-state index is 12.6. The first kappa shape index (κ1) is 20.4. The number of rotatable bonds is 6. The number of anilines is 1. The van der Waals surface area contributed by atoms with Gasteiger partial charge in [0.2, 0.25) is 0 Å². The Bertz CT molecular complexity index is 1160. The minimum Gasteiger partial charge on any atom is -0.265 e. The summed E-state index contributed by atoms with van der Waals surface area (Å²) in [5, 5.41) is 16.1. The van der Waals surface area contributed by atoms with Gasteiger partial charge in [-0.3, -0.25) is 19.5 Å². The zero-order chi connectivity index (χ0) is 20.5. The highest BCUT2D eigenvalue weighted by atomic mass is 35.5. The smallest absolute Gasteiger partial charge is 0.265 e. The predicted molar refractivity (Wildman–Crippen MR) is 107 cm³/mol. The number of sulfonamides is 1. The molecule has 0 aliphatic carbocycles. The highest BCUT2D eigenvalue weighted by molar-refractivity contribution is 7.92. The number of hydrogen-bond acceptors (Lipinski definition) is 5. The van der Waals surface area contributed by atoms with Gasteiger partial charge in [0.15, 0.2) is 10.7 Å². The standard InChI is InChI=1S/C16H11Cl3N4O4S/c17-11-6-5-10(12(18)7-11)8-22-9-13(19)16(20-22)21-28(26,27)15-4-2-1-3-14(15)23(24)25/h1-7,9H,8H2,(H,20,21). The zero-order valence-corrected chi connectivity index (χ0v) is 16.9. The third-order valence-corrected chi connectivity index (χ3v) is 5.90. The van der Waals surface area contributed by atoms with Crippen molar-refractivity contribution in [3.8, 4) is 0 Å². The Morgan fingerprint density at radius 3 is 2.50 bits per heavy atom.